The van der Waals surface area contributed by atoms with E-state index in [2.05, 4.69) is 0 Å². The summed E-state index contributed by atoms with van der Waals surface area (Å²) in [5, 5.41) is 1.94. The molecule has 2 aromatic rings. The summed E-state index contributed by atoms with van der Waals surface area (Å²) in [6.07, 6.45) is 0.573. The minimum atomic E-state index is -4.19. The Morgan fingerprint density at radius 3 is 2.21 bits per heavy atom. The average Bonchev–Trinajstić information content (AvgIpc) is 2.32. The van der Waals surface area contributed by atoms with Crippen LogP contribution in [-0.4, -0.2) is 13.0 Å². The molecule has 0 aliphatic heterocycles. The molecule has 0 aliphatic carbocycles. The third-order valence-electron chi connectivity index (χ3n) is 3.85. The summed E-state index contributed by atoms with van der Waals surface area (Å²) in [5.74, 6) is 0. The van der Waals surface area contributed by atoms with Gasteiger partial charge in [-0.15, -0.1) is 0 Å². The van der Waals surface area contributed by atoms with E-state index in [0.717, 1.165) is 27.5 Å². The minimum Gasteiger partial charge on any atom is -0.282 e. The molecular weight excluding hydrogens is 260 g/mol. The molecule has 0 saturated carbocycles. The lowest BCUT2D eigenvalue weighted by molar-refractivity contribution is 0.482. The van der Waals surface area contributed by atoms with Crippen molar-refractivity contribution in [2.45, 2.75) is 39.0 Å². The Hall–Kier alpha value is -1.39. The maximum absolute atomic E-state index is 11.6. The van der Waals surface area contributed by atoms with Crippen molar-refractivity contribution in [2.24, 2.45) is 0 Å². The molecule has 0 heterocycles. The quantitative estimate of drug-likeness (QED) is 0.854. The zero-order chi connectivity index (χ0) is 14.4. The van der Waals surface area contributed by atoms with E-state index >= 15 is 0 Å². The molecule has 2 aromatic carbocycles. The second-order valence-electron chi connectivity index (χ2n) is 4.91. The van der Waals surface area contributed by atoms with Gasteiger partial charge in [-0.05, 0) is 66.3 Å². The molecule has 0 unspecified atom stereocenters. The lowest BCUT2D eigenvalue weighted by atomic mass is 9.94. The van der Waals surface area contributed by atoms with E-state index in [1.54, 1.807) is 6.07 Å². The number of hydrogen-bond acceptors (Lipinski definition) is 2. The average molecular weight is 278 g/mol. The lowest BCUT2D eigenvalue weighted by Crippen LogP contribution is -2.05. The lowest BCUT2D eigenvalue weighted by Gasteiger charge is -2.15. The standard InChI is InChI=1S/C15H18O3S/c1-5-12-11(4)13-7-6-9(2)10(3)14(13)8-15(12)19(16,17)18/h6-8H,5H2,1-4H3,(H,16,17,18). The summed E-state index contributed by atoms with van der Waals surface area (Å²) in [7, 11) is -4.19. The van der Waals surface area contributed by atoms with Crippen LogP contribution >= 0.6 is 0 Å². The van der Waals surface area contributed by atoms with Crippen LogP contribution in [0.2, 0.25) is 0 Å². The third kappa shape index (κ3) is 2.26. The summed E-state index contributed by atoms with van der Waals surface area (Å²) in [6, 6.07) is 5.65. The van der Waals surface area contributed by atoms with E-state index in [-0.39, 0.29) is 4.90 Å². The maximum atomic E-state index is 11.6. The molecule has 0 bridgehead atoms. The van der Waals surface area contributed by atoms with Crippen molar-refractivity contribution >= 4 is 20.9 Å². The smallest absolute Gasteiger partial charge is 0.282 e. The zero-order valence-electron chi connectivity index (χ0n) is 11.6. The van der Waals surface area contributed by atoms with Gasteiger partial charge in [-0.3, -0.25) is 4.55 Å². The second kappa shape index (κ2) is 4.62. The molecule has 0 atom stereocenters. The van der Waals surface area contributed by atoms with Gasteiger partial charge in [0.25, 0.3) is 10.1 Å². The first-order chi connectivity index (χ1) is 8.77. The first kappa shape index (κ1) is 14.0. The fourth-order valence-electron chi connectivity index (χ4n) is 2.59. The van der Waals surface area contributed by atoms with Gasteiger partial charge in [-0.25, -0.2) is 0 Å². The Morgan fingerprint density at radius 1 is 1.05 bits per heavy atom. The van der Waals surface area contributed by atoms with E-state index in [1.165, 1.54) is 0 Å². The predicted molar refractivity (Wildman–Crippen MR) is 77.4 cm³/mol. The minimum absolute atomic E-state index is 0.0358. The largest absolute Gasteiger partial charge is 0.294 e. The van der Waals surface area contributed by atoms with E-state index in [1.807, 2.05) is 39.8 Å². The van der Waals surface area contributed by atoms with E-state index in [9.17, 15) is 13.0 Å². The summed E-state index contributed by atoms with van der Waals surface area (Å²) in [5.41, 5.74) is 3.78. The van der Waals surface area contributed by atoms with Crippen molar-refractivity contribution in [3.63, 3.8) is 0 Å². The van der Waals surface area contributed by atoms with Crippen LogP contribution in [0, 0.1) is 20.8 Å². The van der Waals surface area contributed by atoms with Gasteiger partial charge < -0.3 is 0 Å². The molecule has 0 aliphatic rings. The van der Waals surface area contributed by atoms with Crippen molar-refractivity contribution in [2.75, 3.05) is 0 Å². The molecular formula is C15H18O3S. The van der Waals surface area contributed by atoms with Gasteiger partial charge in [0, 0.05) is 0 Å². The topological polar surface area (TPSA) is 54.4 Å². The number of benzene rings is 2. The molecule has 0 radical (unpaired) electrons. The SMILES string of the molecule is CCc1c(S(=O)(=O)O)cc2c(C)c(C)ccc2c1C. The summed E-state index contributed by atoms with van der Waals surface area (Å²) < 4.78 is 32.5. The normalized spacial score (nSPS) is 12.1. The maximum Gasteiger partial charge on any atom is 0.294 e. The Bertz CT molecular complexity index is 759. The van der Waals surface area contributed by atoms with Crippen molar-refractivity contribution in [1.82, 2.24) is 0 Å². The summed E-state index contributed by atoms with van der Waals surface area (Å²) >= 11 is 0. The number of hydrogen-bond donors (Lipinski definition) is 1. The monoisotopic (exact) mass is 278 g/mol. The van der Waals surface area contributed by atoms with Crippen LogP contribution in [-0.2, 0) is 16.5 Å². The van der Waals surface area contributed by atoms with Crippen LogP contribution in [0.4, 0.5) is 0 Å². The second-order valence-corrected chi connectivity index (χ2v) is 6.30. The van der Waals surface area contributed by atoms with Crippen LogP contribution in [0.15, 0.2) is 23.1 Å². The predicted octanol–water partition coefficient (Wildman–Crippen LogP) is 3.57. The Labute approximate surface area is 114 Å². The van der Waals surface area contributed by atoms with Crippen molar-refractivity contribution in [3.05, 3.63) is 40.5 Å². The van der Waals surface area contributed by atoms with Crippen LogP contribution in [0.1, 0.15) is 29.2 Å². The highest BCUT2D eigenvalue weighted by Gasteiger charge is 2.19. The van der Waals surface area contributed by atoms with Crippen molar-refractivity contribution in [3.8, 4) is 0 Å². The molecule has 0 fully saturated rings. The van der Waals surface area contributed by atoms with Gasteiger partial charge in [0.15, 0.2) is 0 Å². The molecule has 4 heteroatoms. The molecule has 2 rings (SSSR count). The molecule has 0 aromatic heterocycles. The van der Waals surface area contributed by atoms with Crippen LogP contribution < -0.4 is 0 Å². The molecule has 0 spiro atoms. The molecule has 1 N–H and O–H groups in total. The van der Waals surface area contributed by atoms with E-state index in [0.29, 0.717) is 12.0 Å². The van der Waals surface area contributed by atoms with Crippen LogP contribution in [0.25, 0.3) is 10.8 Å². The van der Waals surface area contributed by atoms with E-state index < -0.39 is 10.1 Å². The first-order valence-corrected chi connectivity index (χ1v) is 7.71. The van der Waals surface area contributed by atoms with Gasteiger partial charge in [-0.1, -0.05) is 19.1 Å². The highest BCUT2D eigenvalue weighted by atomic mass is 32.2. The highest BCUT2D eigenvalue weighted by molar-refractivity contribution is 7.85. The molecule has 102 valence electrons. The van der Waals surface area contributed by atoms with Crippen LogP contribution in [0.5, 0.6) is 0 Å². The molecule has 0 amide bonds. The molecule has 0 saturated heterocycles. The van der Waals surface area contributed by atoms with Crippen LogP contribution in [0.3, 0.4) is 0 Å². The number of rotatable bonds is 2. The Kier molecular flexibility index (Phi) is 3.41. The van der Waals surface area contributed by atoms with Gasteiger partial charge in [0.05, 0.1) is 4.90 Å². The number of aryl methyl sites for hydroxylation is 3. The fraction of sp³-hybridized carbons (Fsp3) is 0.333. The first-order valence-electron chi connectivity index (χ1n) is 6.27. The van der Waals surface area contributed by atoms with Gasteiger partial charge >= 0.3 is 0 Å². The fourth-order valence-corrected chi connectivity index (χ4v) is 3.46. The number of fused-ring (bicyclic) bond motifs is 1. The zero-order valence-corrected chi connectivity index (χ0v) is 12.4. The van der Waals surface area contributed by atoms with Gasteiger partial charge in [0.1, 0.15) is 0 Å². The highest BCUT2D eigenvalue weighted by Crippen LogP contribution is 2.31. The molecule has 3 nitrogen and oxygen atoms in total. The van der Waals surface area contributed by atoms with Crippen molar-refractivity contribution in [1.29, 1.82) is 0 Å². The molecule has 19 heavy (non-hydrogen) atoms. The summed E-state index contributed by atoms with van der Waals surface area (Å²) in [4.78, 5) is 0.0358. The van der Waals surface area contributed by atoms with Gasteiger partial charge in [-0.2, -0.15) is 8.42 Å². The van der Waals surface area contributed by atoms with Gasteiger partial charge in [0.2, 0.25) is 0 Å². The van der Waals surface area contributed by atoms with E-state index in [4.69, 9.17) is 0 Å². The summed E-state index contributed by atoms with van der Waals surface area (Å²) in [6.45, 7) is 7.76. The van der Waals surface area contributed by atoms with Crippen molar-refractivity contribution < 1.29 is 13.0 Å². The third-order valence-corrected chi connectivity index (χ3v) is 4.77. The Balaban J connectivity index is 3.03. The Morgan fingerprint density at radius 2 is 1.68 bits per heavy atom.